The van der Waals surface area contributed by atoms with Crippen LogP contribution in [0, 0.1) is 17.3 Å². The molecule has 4 saturated carbocycles. The smallest absolute Gasteiger partial charge is 0.341 e. The predicted molar refractivity (Wildman–Crippen MR) is 104 cm³/mol. The summed E-state index contributed by atoms with van der Waals surface area (Å²) in [4.78, 5) is 23.7. The molecule has 4 aliphatic rings. The predicted octanol–water partition coefficient (Wildman–Crippen LogP) is 4.33. The maximum Gasteiger partial charge on any atom is 0.341 e. The van der Waals surface area contributed by atoms with Crippen molar-refractivity contribution in [3.05, 3.63) is 29.8 Å². The fourth-order valence-corrected chi connectivity index (χ4v) is 6.35. The Morgan fingerprint density at radius 2 is 1.79 bits per heavy atom. The van der Waals surface area contributed by atoms with Crippen LogP contribution in [-0.4, -0.2) is 30.3 Å². The molecule has 0 saturated heterocycles. The van der Waals surface area contributed by atoms with Crippen molar-refractivity contribution in [2.24, 2.45) is 17.3 Å². The normalized spacial score (nSPS) is 32.9. The first kappa shape index (κ1) is 19.3. The van der Waals surface area contributed by atoms with E-state index in [1.54, 1.807) is 0 Å². The number of ether oxygens (including phenoxy) is 2. The zero-order valence-corrected chi connectivity index (χ0v) is 16.6. The lowest BCUT2D eigenvalue weighted by Gasteiger charge is -2.61. The van der Waals surface area contributed by atoms with Crippen LogP contribution in [0.25, 0.3) is 0 Å². The van der Waals surface area contributed by atoms with Gasteiger partial charge in [0.05, 0.1) is 12.0 Å². The highest BCUT2D eigenvalue weighted by atomic mass is 16.5. The van der Waals surface area contributed by atoms with Crippen LogP contribution >= 0.6 is 0 Å². The van der Waals surface area contributed by atoms with Gasteiger partial charge in [-0.15, -0.1) is 0 Å². The number of carbonyl (C=O) groups is 2. The van der Waals surface area contributed by atoms with Gasteiger partial charge in [0.1, 0.15) is 5.75 Å². The zero-order chi connectivity index (χ0) is 19.8. The Bertz CT molecular complexity index is 724. The third-order valence-electron chi connectivity index (χ3n) is 7.05. The minimum atomic E-state index is -0.978. The Morgan fingerprint density at radius 3 is 2.39 bits per heavy atom. The van der Waals surface area contributed by atoms with E-state index in [4.69, 9.17) is 14.6 Å². The summed E-state index contributed by atoms with van der Waals surface area (Å²) in [6.45, 7) is 2.31. The molecule has 4 fully saturated rings. The second-order valence-corrected chi connectivity index (χ2v) is 9.22. The van der Waals surface area contributed by atoms with Crippen LogP contribution in [0.1, 0.15) is 63.9 Å². The van der Waals surface area contributed by atoms with Crippen LogP contribution < -0.4 is 4.74 Å². The molecule has 4 aliphatic carbocycles. The largest absolute Gasteiger partial charge is 0.482 e. The van der Waals surface area contributed by atoms with Gasteiger partial charge in [0.15, 0.2) is 6.61 Å². The summed E-state index contributed by atoms with van der Waals surface area (Å²) in [5.74, 6) is 0.824. The van der Waals surface area contributed by atoms with Crippen LogP contribution in [0.4, 0.5) is 0 Å². The van der Waals surface area contributed by atoms with Gasteiger partial charge in [0, 0.05) is 0 Å². The summed E-state index contributed by atoms with van der Waals surface area (Å²) in [5.41, 5.74) is 0.991. The van der Waals surface area contributed by atoms with Crippen molar-refractivity contribution in [2.75, 3.05) is 13.2 Å². The average Bonchev–Trinajstić information content (AvgIpc) is 2.66. The Balaban J connectivity index is 1.54. The number of carboxylic acids is 1. The molecule has 0 radical (unpaired) electrons. The number of hydrogen-bond donors (Lipinski definition) is 1. The van der Waals surface area contributed by atoms with Gasteiger partial charge in [-0.2, -0.15) is 0 Å². The molecule has 5 heteroatoms. The monoisotopic (exact) mass is 386 g/mol. The average molecular weight is 386 g/mol. The van der Waals surface area contributed by atoms with Crippen molar-refractivity contribution >= 4 is 11.9 Å². The maximum atomic E-state index is 13.1. The number of carboxylic acid groups (broad SMARTS) is 1. The number of aliphatic carboxylic acids is 1. The first-order chi connectivity index (χ1) is 13.4. The van der Waals surface area contributed by atoms with E-state index in [9.17, 15) is 9.59 Å². The van der Waals surface area contributed by atoms with Gasteiger partial charge in [-0.1, -0.05) is 25.5 Å². The Morgan fingerprint density at radius 1 is 1.11 bits per heavy atom. The number of esters is 1. The summed E-state index contributed by atoms with van der Waals surface area (Å²) in [6, 6.07) is 7.87. The van der Waals surface area contributed by atoms with Crippen molar-refractivity contribution < 1.29 is 24.2 Å². The van der Waals surface area contributed by atoms with Crippen LogP contribution in [0.15, 0.2) is 24.3 Å². The number of hydrogen-bond acceptors (Lipinski definition) is 4. The Hall–Kier alpha value is -2.04. The summed E-state index contributed by atoms with van der Waals surface area (Å²) < 4.78 is 11.0. The SMILES string of the molecule is CCCCOC(=O)C12CC3CC(C1)CC(c1ccc(OCC(=O)O)cc1)(C3)C2. The molecule has 5 rings (SSSR count). The van der Waals surface area contributed by atoms with Crippen LogP contribution in [0.2, 0.25) is 0 Å². The van der Waals surface area contributed by atoms with E-state index in [2.05, 4.69) is 19.1 Å². The van der Waals surface area contributed by atoms with E-state index in [1.165, 1.54) is 12.0 Å². The quantitative estimate of drug-likeness (QED) is 0.532. The summed E-state index contributed by atoms with van der Waals surface area (Å²) in [7, 11) is 0. The molecule has 28 heavy (non-hydrogen) atoms. The molecule has 2 unspecified atom stereocenters. The topological polar surface area (TPSA) is 72.8 Å². The maximum absolute atomic E-state index is 13.1. The van der Waals surface area contributed by atoms with E-state index >= 15 is 0 Å². The third-order valence-corrected chi connectivity index (χ3v) is 7.05. The van der Waals surface area contributed by atoms with Gasteiger partial charge in [0.2, 0.25) is 0 Å². The molecular weight excluding hydrogens is 356 g/mol. The molecule has 152 valence electrons. The lowest BCUT2D eigenvalue weighted by Crippen LogP contribution is -2.57. The van der Waals surface area contributed by atoms with E-state index < -0.39 is 5.97 Å². The van der Waals surface area contributed by atoms with Gasteiger partial charge >= 0.3 is 11.9 Å². The fourth-order valence-electron chi connectivity index (χ4n) is 6.35. The van der Waals surface area contributed by atoms with Gasteiger partial charge in [-0.05, 0) is 79.9 Å². The molecule has 1 aromatic rings. The van der Waals surface area contributed by atoms with E-state index in [0.717, 1.165) is 44.9 Å². The molecule has 0 aromatic heterocycles. The highest BCUT2D eigenvalue weighted by molar-refractivity contribution is 5.78. The first-order valence-corrected chi connectivity index (χ1v) is 10.6. The second-order valence-electron chi connectivity index (χ2n) is 9.22. The molecular formula is C23H30O5. The highest BCUT2D eigenvalue weighted by Gasteiger charge is 2.61. The lowest BCUT2D eigenvalue weighted by molar-refractivity contribution is -0.174. The molecule has 2 atom stereocenters. The summed E-state index contributed by atoms with van der Waals surface area (Å²) >= 11 is 0. The molecule has 5 nitrogen and oxygen atoms in total. The molecule has 0 aliphatic heterocycles. The second kappa shape index (κ2) is 7.41. The molecule has 0 spiro atoms. The minimum Gasteiger partial charge on any atom is -0.482 e. The van der Waals surface area contributed by atoms with Crippen LogP contribution in [-0.2, 0) is 19.7 Å². The van der Waals surface area contributed by atoms with Crippen LogP contribution in [0.3, 0.4) is 0 Å². The van der Waals surface area contributed by atoms with Crippen molar-refractivity contribution in [3.8, 4) is 5.75 Å². The van der Waals surface area contributed by atoms with Gasteiger partial charge in [0.25, 0.3) is 0 Å². The number of carbonyl (C=O) groups excluding carboxylic acids is 1. The molecule has 4 bridgehead atoms. The Labute approximate surface area is 166 Å². The highest BCUT2D eigenvalue weighted by Crippen LogP contribution is 2.66. The molecule has 0 heterocycles. The van der Waals surface area contributed by atoms with E-state index in [-0.39, 0.29) is 23.4 Å². The number of benzene rings is 1. The third kappa shape index (κ3) is 3.51. The number of rotatable bonds is 8. The summed E-state index contributed by atoms with van der Waals surface area (Å²) in [6.07, 6.45) is 8.33. The van der Waals surface area contributed by atoms with Crippen molar-refractivity contribution in [2.45, 2.75) is 63.7 Å². The standard InChI is InChI=1S/C23H30O5/c1-2-3-8-27-21(26)23-12-16-9-17(13-23)11-22(10-16,15-23)18-4-6-19(7-5-18)28-14-20(24)25/h4-7,16-17H,2-3,8-15H2,1H3,(H,24,25). The molecule has 0 amide bonds. The summed E-state index contributed by atoms with van der Waals surface area (Å²) in [5, 5.41) is 8.77. The van der Waals surface area contributed by atoms with Crippen molar-refractivity contribution in [1.29, 1.82) is 0 Å². The fraction of sp³-hybridized carbons (Fsp3) is 0.652. The first-order valence-electron chi connectivity index (χ1n) is 10.6. The van der Waals surface area contributed by atoms with Crippen LogP contribution in [0.5, 0.6) is 5.75 Å². The zero-order valence-electron chi connectivity index (χ0n) is 16.6. The lowest BCUT2D eigenvalue weighted by atomic mass is 9.43. The molecule has 1 N–H and O–H groups in total. The van der Waals surface area contributed by atoms with Crippen molar-refractivity contribution in [1.82, 2.24) is 0 Å². The van der Waals surface area contributed by atoms with Crippen molar-refractivity contribution in [3.63, 3.8) is 0 Å². The Kier molecular flexibility index (Phi) is 5.11. The van der Waals surface area contributed by atoms with Gasteiger partial charge in [-0.25, -0.2) is 4.79 Å². The van der Waals surface area contributed by atoms with E-state index in [0.29, 0.717) is 24.2 Å². The van der Waals surface area contributed by atoms with Gasteiger partial charge in [-0.3, -0.25) is 4.79 Å². The minimum absolute atomic E-state index is 0.0286. The number of unbranched alkanes of at least 4 members (excludes halogenated alkanes) is 1. The van der Waals surface area contributed by atoms with E-state index in [1.807, 2.05) is 12.1 Å². The van der Waals surface area contributed by atoms with Gasteiger partial charge < -0.3 is 14.6 Å². The molecule has 1 aromatic carbocycles.